The van der Waals surface area contributed by atoms with Gasteiger partial charge in [0.05, 0.1) is 23.3 Å². The summed E-state index contributed by atoms with van der Waals surface area (Å²) in [5.74, 6) is 0.407. The lowest BCUT2D eigenvalue weighted by Crippen LogP contribution is -2.28. The molecule has 27 heavy (non-hydrogen) atoms. The molecule has 0 aliphatic carbocycles. The third kappa shape index (κ3) is 3.46. The Hall–Kier alpha value is -3.41. The Morgan fingerprint density at radius 3 is 2.67 bits per heavy atom. The third-order valence-electron chi connectivity index (χ3n) is 4.42. The van der Waals surface area contributed by atoms with E-state index in [-0.39, 0.29) is 23.5 Å². The molecular weight excluding hydrogens is 345 g/mol. The average Bonchev–Trinajstić information content (AvgIpc) is 3.32. The lowest BCUT2D eigenvalue weighted by Gasteiger charge is -2.16. The predicted molar refractivity (Wildman–Crippen MR) is 99.8 cm³/mol. The summed E-state index contributed by atoms with van der Waals surface area (Å²) in [6, 6.07) is 17.1. The highest BCUT2D eigenvalue weighted by atomic mass is 19.1. The maximum absolute atomic E-state index is 13.2. The zero-order valence-electron chi connectivity index (χ0n) is 14.7. The third-order valence-corrected chi connectivity index (χ3v) is 4.42. The molecular formula is C21H18FN3O2. The smallest absolute Gasteiger partial charge is 0.287 e. The van der Waals surface area contributed by atoms with Crippen LogP contribution in [0.4, 0.5) is 4.39 Å². The zero-order valence-corrected chi connectivity index (χ0v) is 14.7. The van der Waals surface area contributed by atoms with Crippen LogP contribution in [0.1, 0.15) is 34.9 Å². The number of nitrogens with one attached hydrogen (secondary N) is 1. The van der Waals surface area contributed by atoms with Gasteiger partial charge in [-0.2, -0.15) is 0 Å². The summed E-state index contributed by atoms with van der Waals surface area (Å²) in [6.07, 6.45) is 1.46. The SMILES string of the molecule is CC(NC(=O)c1ccco1)c1nc2ccccc2n1Cc1ccc(F)cc1. The number of halogens is 1. The molecule has 6 heteroatoms. The standard InChI is InChI=1S/C21H18FN3O2/c1-14(23-21(26)19-7-4-12-27-19)20-24-17-5-2-3-6-18(17)25(20)13-15-8-10-16(22)11-9-15/h2-12,14H,13H2,1H3,(H,23,26). The molecule has 0 aliphatic heterocycles. The van der Waals surface area contributed by atoms with Crippen molar-refractivity contribution in [2.75, 3.05) is 0 Å². The van der Waals surface area contributed by atoms with Gasteiger partial charge >= 0.3 is 0 Å². The lowest BCUT2D eigenvalue weighted by molar-refractivity contribution is 0.0909. The van der Waals surface area contributed by atoms with Crippen molar-refractivity contribution in [2.45, 2.75) is 19.5 Å². The summed E-state index contributed by atoms with van der Waals surface area (Å²) in [4.78, 5) is 17.0. The van der Waals surface area contributed by atoms with Crippen LogP contribution < -0.4 is 5.32 Å². The van der Waals surface area contributed by atoms with Gasteiger partial charge in [0.1, 0.15) is 11.6 Å². The molecule has 0 fully saturated rings. The van der Waals surface area contributed by atoms with E-state index in [2.05, 4.69) is 5.32 Å². The molecule has 4 aromatic rings. The molecule has 1 amide bonds. The number of furan rings is 1. The van der Waals surface area contributed by atoms with Gasteiger partial charge in [0.15, 0.2) is 5.76 Å². The van der Waals surface area contributed by atoms with Gasteiger partial charge in [-0.1, -0.05) is 24.3 Å². The molecule has 1 atom stereocenters. The molecule has 0 aliphatic rings. The molecule has 0 radical (unpaired) electrons. The second kappa shape index (κ2) is 7.07. The minimum Gasteiger partial charge on any atom is -0.459 e. The van der Waals surface area contributed by atoms with Crippen molar-refractivity contribution in [1.82, 2.24) is 14.9 Å². The van der Waals surface area contributed by atoms with Gasteiger partial charge in [-0.15, -0.1) is 0 Å². The van der Waals surface area contributed by atoms with Crippen LogP contribution in [0.5, 0.6) is 0 Å². The number of hydrogen-bond acceptors (Lipinski definition) is 3. The molecule has 0 spiro atoms. The summed E-state index contributed by atoms with van der Waals surface area (Å²) in [7, 11) is 0. The Kier molecular flexibility index (Phi) is 4.46. The number of amides is 1. The van der Waals surface area contributed by atoms with Crippen LogP contribution in [0.15, 0.2) is 71.3 Å². The van der Waals surface area contributed by atoms with Crippen molar-refractivity contribution in [2.24, 2.45) is 0 Å². The van der Waals surface area contributed by atoms with Gasteiger partial charge in [-0.05, 0) is 48.9 Å². The van der Waals surface area contributed by atoms with E-state index in [1.54, 1.807) is 24.3 Å². The van der Waals surface area contributed by atoms with Crippen molar-refractivity contribution < 1.29 is 13.6 Å². The van der Waals surface area contributed by atoms with Crippen LogP contribution in [-0.2, 0) is 6.54 Å². The van der Waals surface area contributed by atoms with Crippen LogP contribution in [0.2, 0.25) is 0 Å². The van der Waals surface area contributed by atoms with Crippen molar-refractivity contribution >= 4 is 16.9 Å². The minimum atomic E-state index is -0.338. The zero-order chi connectivity index (χ0) is 18.8. The molecule has 4 rings (SSSR count). The number of nitrogens with zero attached hydrogens (tertiary/aromatic N) is 2. The van der Waals surface area contributed by atoms with Gasteiger partial charge in [-0.3, -0.25) is 4.79 Å². The minimum absolute atomic E-state index is 0.253. The number of para-hydroxylation sites is 2. The van der Waals surface area contributed by atoms with E-state index in [0.717, 1.165) is 22.4 Å². The molecule has 1 unspecified atom stereocenters. The summed E-state index contributed by atoms with van der Waals surface area (Å²) >= 11 is 0. The fourth-order valence-corrected chi connectivity index (χ4v) is 3.10. The highest BCUT2D eigenvalue weighted by Gasteiger charge is 2.20. The topological polar surface area (TPSA) is 60.1 Å². The largest absolute Gasteiger partial charge is 0.459 e. The fraction of sp³-hybridized carbons (Fsp3) is 0.143. The number of fused-ring (bicyclic) bond motifs is 1. The van der Waals surface area contributed by atoms with Crippen molar-refractivity contribution in [3.8, 4) is 0 Å². The molecule has 0 bridgehead atoms. The first kappa shape index (κ1) is 17.0. The molecule has 136 valence electrons. The van der Waals surface area contributed by atoms with Gasteiger partial charge in [0, 0.05) is 6.54 Å². The highest BCUT2D eigenvalue weighted by molar-refractivity contribution is 5.91. The molecule has 2 aromatic carbocycles. The summed E-state index contributed by atoms with van der Waals surface area (Å²) in [5, 5.41) is 2.92. The Bertz CT molecular complexity index is 1070. The second-order valence-electron chi connectivity index (χ2n) is 6.34. The van der Waals surface area contributed by atoms with Gasteiger partial charge in [-0.25, -0.2) is 9.37 Å². The summed E-state index contributed by atoms with van der Waals surface area (Å²) in [5.41, 5.74) is 2.75. The second-order valence-corrected chi connectivity index (χ2v) is 6.34. The highest BCUT2D eigenvalue weighted by Crippen LogP contribution is 2.23. The molecule has 0 saturated carbocycles. The predicted octanol–water partition coefficient (Wildman–Crippen LogP) is 4.31. The summed E-state index contributed by atoms with van der Waals surface area (Å²) < 4.78 is 20.4. The molecule has 2 aromatic heterocycles. The number of rotatable bonds is 5. The van der Waals surface area contributed by atoms with Crippen molar-refractivity contribution in [3.63, 3.8) is 0 Å². The van der Waals surface area contributed by atoms with E-state index in [1.165, 1.54) is 18.4 Å². The molecule has 5 nitrogen and oxygen atoms in total. The van der Waals surface area contributed by atoms with E-state index in [1.807, 2.05) is 35.8 Å². The Morgan fingerprint density at radius 2 is 1.93 bits per heavy atom. The number of aromatic nitrogens is 2. The Morgan fingerprint density at radius 1 is 1.15 bits per heavy atom. The Labute approximate surface area is 155 Å². The van der Waals surface area contributed by atoms with Crippen molar-refractivity contribution in [3.05, 3.63) is 89.9 Å². The molecule has 1 N–H and O–H groups in total. The monoisotopic (exact) mass is 363 g/mol. The quantitative estimate of drug-likeness (QED) is 0.575. The van der Waals surface area contributed by atoms with E-state index in [0.29, 0.717) is 6.54 Å². The Balaban J connectivity index is 1.68. The maximum Gasteiger partial charge on any atom is 0.287 e. The number of hydrogen-bond donors (Lipinski definition) is 1. The van der Waals surface area contributed by atoms with Crippen LogP contribution in [0, 0.1) is 5.82 Å². The number of benzene rings is 2. The van der Waals surface area contributed by atoms with Crippen LogP contribution in [-0.4, -0.2) is 15.5 Å². The van der Waals surface area contributed by atoms with E-state index in [9.17, 15) is 9.18 Å². The lowest BCUT2D eigenvalue weighted by atomic mass is 10.2. The first-order chi connectivity index (χ1) is 13.1. The first-order valence-electron chi connectivity index (χ1n) is 8.66. The number of imidazole rings is 1. The van der Waals surface area contributed by atoms with Gasteiger partial charge in [0.2, 0.25) is 0 Å². The fourth-order valence-electron chi connectivity index (χ4n) is 3.10. The van der Waals surface area contributed by atoms with E-state index < -0.39 is 0 Å². The number of carbonyl (C=O) groups is 1. The molecule has 2 heterocycles. The van der Waals surface area contributed by atoms with Crippen LogP contribution in [0.25, 0.3) is 11.0 Å². The van der Waals surface area contributed by atoms with Crippen molar-refractivity contribution in [1.29, 1.82) is 0 Å². The summed E-state index contributed by atoms with van der Waals surface area (Å²) in [6.45, 7) is 2.40. The van der Waals surface area contributed by atoms with Crippen LogP contribution >= 0.6 is 0 Å². The maximum atomic E-state index is 13.2. The molecule has 0 saturated heterocycles. The van der Waals surface area contributed by atoms with E-state index in [4.69, 9.17) is 9.40 Å². The number of carbonyl (C=O) groups excluding carboxylic acids is 1. The average molecular weight is 363 g/mol. The van der Waals surface area contributed by atoms with Crippen LogP contribution in [0.3, 0.4) is 0 Å². The van der Waals surface area contributed by atoms with Gasteiger partial charge in [0.25, 0.3) is 5.91 Å². The first-order valence-corrected chi connectivity index (χ1v) is 8.66. The van der Waals surface area contributed by atoms with E-state index >= 15 is 0 Å². The normalized spacial score (nSPS) is 12.2. The van der Waals surface area contributed by atoms with Gasteiger partial charge < -0.3 is 14.3 Å².